The number of benzene rings is 2. The van der Waals surface area contributed by atoms with Crippen molar-refractivity contribution in [2.75, 3.05) is 6.61 Å². The molecule has 30 heavy (non-hydrogen) atoms. The summed E-state index contributed by atoms with van der Waals surface area (Å²) in [5, 5.41) is 9.02. The van der Waals surface area contributed by atoms with Crippen molar-refractivity contribution in [3.8, 4) is 23.4 Å². The Kier molecular flexibility index (Phi) is 6.65. The first-order chi connectivity index (χ1) is 14.3. The Morgan fingerprint density at radius 3 is 2.57 bits per heavy atom. The van der Waals surface area contributed by atoms with Crippen LogP contribution >= 0.6 is 23.2 Å². The fraction of sp³-hybridized carbons (Fsp3) is 0.150. The lowest BCUT2D eigenvalue weighted by atomic mass is 10.1. The number of nitrogens with zero attached hydrogens (tertiary/aromatic N) is 3. The lowest BCUT2D eigenvalue weighted by molar-refractivity contribution is -0.137. The van der Waals surface area contributed by atoms with Crippen LogP contribution in [0.15, 0.2) is 48.7 Å². The zero-order valence-electron chi connectivity index (χ0n) is 15.1. The van der Waals surface area contributed by atoms with Gasteiger partial charge in [0.15, 0.2) is 0 Å². The maximum Gasteiger partial charge on any atom is 0.417 e. The molecule has 5 nitrogen and oxygen atoms in total. The highest BCUT2D eigenvalue weighted by Gasteiger charge is 2.33. The third kappa shape index (κ3) is 5.53. The standard InChI is InChI=1S/C20H12Cl2F3N3O2/c21-16-3-2-14(10-15(16)20(23,24)25)30-17-4-1-12(9-13(17)11-26)6-8-29-18-5-7-27-19(22)28-18/h1-5,7,9-10H,6,8H2. The largest absolute Gasteiger partial charge is 0.477 e. The molecule has 0 spiro atoms. The molecule has 0 atom stereocenters. The van der Waals surface area contributed by atoms with Gasteiger partial charge in [-0.2, -0.15) is 23.4 Å². The van der Waals surface area contributed by atoms with Crippen LogP contribution in [0.5, 0.6) is 17.4 Å². The molecule has 2 aromatic carbocycles. The summed E-state index contributed by atoms with van der Waals surface area (Å²) in [6, 6.07) is 11.5. The SMILES string of the molecule is N#Cc1cc(CCOc2ccnc(Cl)n2)ccc1Oc1ccc(Cl)c(C(F)(F)F)c1. The number of hydrogen-bond acceptors (Lipinski definition) is 5. The number of halogens is 5. The van der Waals surface area contributed by atoms with Crippen LogP contribution in [-0.4, -0.2) is 16.6 Å². The van der Waals surface area contributed by atoms with E-state index in [2.05, 4.69) is 9.97 Å². The third-order valence-electron chi connectivity index (χ3n) is 3.88. The van der Waals surface area contributed by atoms with Crippen molar-refractivity contribution in [2.45, 2.75) is 12.6 Å². The Balaban J connectivity index is 1.71. The predicted molar refractivity (Wildman–Crippen MR) is 104 cm³/mol. The first-order valence-corrected chi connectivity index (χ1v) is 9.21. The Hall–Kier alpha value is -3.02. The lowest BCUT2D eigenvalue weighted by Crippen LogP contribution is -2.06. The van der Waals surface area contributed by atoms with E-state index in [0.29, 0.717) is 12.3 Å². The first-order valence-electron chi connectivity index (χ1n) is 8.45. The average Bonchev–Trinajstić information content (AvgIpc) is 2.69. The molecule has 3 rings (SSSR count). The molecule has 1 heterocycles. The van der Waals surface area contributed by atoms with Gasteiger partial charge in [0.1, 0.15) is 17.6 Å². The van der Waals surface area contributed by atoms with Gasteiger partial charge in [-0.15, -0.1) is 0 Å². The minimum Gasteiger partial charge on any atom is -0.477 e. The molecule has 0 aliphatic rings. The fourth-order valence-electron chi connectivity index (χ4n) is 2.49. The van der Waals surface area contributed by atoms with Gasteiger partial charge in [-0.1, -0.05) is 17.7 Å². The van der Waals surface area contributed by atoms with Crippen molar-refractivity contribution < 1.29 is 22.6 Å². The van der Waals surface area contributed by atoms with Gasteiger partial charge >= 0.3 is 6.18 Å². The van der Waals surface area contributed by atoms with Crippen LogP contribution in [0.25, 0.3) is 0 Å². The van der Waals surface area contributed by atoms with Gasteiger partial charge in [-0.3, -0.25) is 0 Å². The van der Waals surface area contributed by atoms with Crippen LogP contribution in [0.3, 0.4) is 0 Å². The van der Waals surface area contributed by atoms with Gasteiger partial charge in [0.05, 0.1) is 22.8 Å². The number of aromatic nitrogens is 2. The third-order valence-corrected chi connectivity index (χ3v) is 4.39. The van der Waals surface area contributed by atoms with Crippen LogP contribution in [0.2, 0.25) is 10.3 Å². The molecule has 154 valence electrons. The zero-order chi connectivity index (χ0) is 21.7. The average molecular weight is 454 g/mol. The number of nitriles is 1. The normalized spacial score (nSPS) is 11.1. The fourth-order valence-corrected chi connectivity index (χ4v) is 2.86. The molecular formula is C20H12Cl2F3N3O2. The van der Waals surface area contributed by atoms with Crippen LogP contribution in [0, 0.1) is 11.3 Å². The van der Waals surface area contributed by atoms with Gasteiger partial charge < -0.3 is 9.47 Å². The molecule has 0 amide bonds. The highest BCUT2D eigenvalue weighted by atomic mass is 35.5. The molecule has 0 unspecified atom stereocenters. The topological polar surface area (TPSA) is 68.0 Å². The second-order valence-electron chi connectivity index (χ2n) is 5.95. The lowest BCUT2D eigenvalue weighted by Gasteiger charge is -2.13. The van der Waals surface area contributed by atoms with E-state index in [0.717, 1.165) is 17.7 Å². The highest BCUT2D eigenvalue weighted by Crippen LogP contribution is 2.38. The maximum absolute atomic E-state index is 13.0. The van der Waals surface area contributed by atoms with Crippen molar-refractivity contribution in [3.05, 3.63) is 75.7 Å². The molecule has 0 fully saturated rings. The van der Waals surface area contributed by atoms with Gasteiger partial charge in [0, 0.05) is 18.7 Å². The molecule has 0 radical (unpaired) electrons. The molecule has 0 saturated carbocycles. The van der Waals surface area contributed by atoms with E-state index in [9.17, 15) is 18.4 Å². The van der Waals surface area contributed by atoms with E-state index in [1.807, 2.05) is 6.07 Å². The van der Waals surface area contributed by atoms with Gasteiger partial charge in [-0.05, 0) is 47.5 Å². The Labute approximate surface area is 179 Å². The van der Waals surface area contributed by atoms with Gasteiger partial charge in [0.2, 0.25) is 11.2 Å². The smallest absolute Gasteiger partial charge is 0.417 e. The van der Waals surface area contributed by atoms with Crippen LogP contribution in [0.4, 0.5) is 13.2 Å². The molecule has 0 aliphatic heterocycles. The van der Waals surface area contributed by atoms with Crippen LogP contribution in [-0.2, 0) is 12.6 Å². The summed E-state index contributed by atoms with van der Waals surface area (Å²) in [5.74, 6) is 0.360. The summed E-state index contributed by atoms with van der Waals surface area (Å²) < 4.78 is 50.0. The number of hydrogen-bond donors (Lipinski definition) is 0. The van der Waals surface area contributed by atoms with Crippen molar-refractivity contribution in [1.29, 1.82) is 5.26 Å². The van der Waals surface area contributed by atoms with Crippen LogP contribution < -0.4 is 9.47 Å². The van der Waals surface area contributed by atoms with Crippen molar-refractivity contribution in [2.24, 2.45) is 0 Å². The number of alkyl halides is 3. The van der Waals surface area contributed by atoms with Gasteiger partial charge in [-0.25, -0.2) is 4.98 Å². The Morgan fingerprint density at radius 1 is 1.07 bits per heavy atom. The van der Waals surface area contributed by atoms with E-state index in [-0.39, 0.29) is 29.0 Å². The predicted octanol–water partition coefficient (Wildman–Crippen LogP) is 6.09. The summed E-state index contributed by atoms with van der Waals surface area (Å²) in [7, 11) is 0. The summed E-state index contributed by atoms with van der Waals surface area (Å²) in [5.41, 5.74) is -0.0778. The summed E-state index contributed by atoms with van der Waals surface area (Å²) >= 11 is 11.3. The number of ether oxygens (including phenoxy) is 2. The van der Waals surface area contributed by atoms with E-state index in [4.69, 9.17) is 32.7 Å². The molecular weight excluding hydrogens is 442 g/mol. The quantitative estimate of drug-likeness (QED) is 0.422. The van der Waals surface area contributed by atoms with E-state index >= 15 is 0 Å². The molecule has 0 N–H and O–H groups in total. The van der Waals surface area contributed by atoms with Gasteiger partial charge in [0.25, 0.3) is 0 Å². The van der Waals surface area contributed by atoms with Crippen LogP contribution in [0.1, 0.15) is 16.7 Å². The first kappa shape index (κ1) is 21.7. The monoisotopic (exact) mass is 453 g/mol. The molecule has 0 saturated heterocycles. The Bertz CT molecular complexity index is 1100. The zero-order valence-corrected chi connectivity index (χ0v) is 16.6. The molecule has 10 heteroatoms. The minimum absolute atomic E-state index is 0.0663. The molecule has 3 aromatic rings. The van der Waals surface area contributed by atoms with E-state index in [1.165, 1.54) is 18.3 Å². The van der Waals surface area contributed by atoms with Crippen molar-refractivity contribution in [3.63, 3.8) is 0 Å². The molecule has 0 bridgehead atoms. The highest BCUT2D eigenvalue weighted by molar-refractivity contribution is 6.31. The van der Waals surface area contributed by atoms with Crippen molar-refractivity contribution >= 4 is 23.2 Å². The van der Waals surface area contributed by atoms with Crippen molar-refractivity contribution in [1.82, 2.24) is 9.97 Å². The summed E-state index contributed by atoms with van der Waals surface area (Å²) in [6.45, 7) is 0.268. The molecule has 0 aliphatic carbocycles. The maximum atomic E-state index is 13.0. The van der Waals surface area contributed by atoms with E-state index in [1.54, 1.807) is 18.2 Å². The second kappa shape index (κ2) is 9.20. The van der Waals surface area contributed by atoms with E-state index < -0.39 is 16.8 Å². The summed E-state index contributed by atoms with van der Waals surface area (Å²) in [4.78, 5) is 7.65. The minimum atomic E-state index is -4.62. The second-order valence-corrected chi connectivity index (χ2v) is 6.69. The Morgan fingerprint density at radius 2 is 1.87 bits per heavy atom. The molecule has 1 aromatic heterocycles. The number of rotatable bonds is 6. The summed E-state index contributed by atoms with van der Waals surface area (Å²) in [6.07, 6.45) is -2.70.